The molecule has 4 heteroatoms. The fourth-order valence-corrected chi connectivity index (χ4v) is 1.93. The molecule has 3 nitrogen and oxygen atoms in total. The number of nitrogen functional groups attached to an aromatic ring is 1. The topological polar surface area (TPSA) is 43.8 Å². The summed E-state index contributed by atoms with van der Waals surface area (Å²) in [5.41, 5.74) is 9.37. The van der Waals surface area contributed by atoms with Crippen LogP contribution in [0.2, 0.25) is 0 Å². The van der Waals surface area contributed by atoms with Crippen LogP contribution in [0.5, 0.6) is 0 Å². The van der Waals surface area contributed by atoms with Crippen molar-refractivity contribution in [3.63, 3.8) is 0 Å². The van der Waals surface area contributed by atoms with E-state index in [0.29, 0.717) is 12.4 Å². The maximum absolute atomic E-state index is 5.95. The molecule has 0 spiro atoms. The summed E-state index contributed by atoms with van der Waals surface area (Å²) in [4.78, 5) is 0. The SMILES string of the molecule is Cc1ccccc1Cn1nc(C)c(Br)c1N. The van der Waals surface area contributed by atoms with E-state index in [2.05, 4.69) is 40.1 Å². The van der Waals surface area contributed by atoms with Crippen LogP contribution in [0.3, 0.4) is 0 Å². The maximum atomic E-state index is 5.95. The third-order valence-corrected chi connectivity index (χ3v) is 3.65. The molecule has 0 saturated heterocycles. The van der Waals surface area contributed by atoms with Gasteiger partial charge in [-0.05, 0) is 40.9 Å². The van der Waals surface area contributed by atoms with Crippen molar-refractivity contribution in [3.8, 4) is 0 Å². The lowest BCUT2D eigenvalue weighted by Crippen LogP contribution is -2.07. The molecule has 2 aromatic rings. The zero-order valence-electron chi connectivity index (χ0n) is 9.37. The Labute approximate surface area is 103 Å². The van der Waals surface area contributed by atoms with E-state index in [1.54, 1.807) is 0 Å². The first-order valence-corrected chi connectivity index (χ1v) is 5.92. The van der Waals surface area contributed by atoms with E-state index >= 15 is 0 Å². The molecule has 0 radical (unpaired) electrons. The van der Waals surface area contributed by atoms with Crippen molar-refractivity contribution in [1.82, 2.24) is 9.78 Å². The number of aromatic nitrogens is 2. The van der Waals surface area contributed by atoms with Gasteiger partial charge in [-0.3, -0.25) is 0 Å². The lowest BCUT2D eigenvalue weighted by atomic mass is 10.1. The minimum atomic E-state index is 0.681. The molecular formula is C12H14BrN3. The van der Waals surface area contributed by atoms with Gasteiger partial charge >= 0.3 is 0 Å². The highest BCUT2D eigenvalue weighted by molar-refractivity contribution is 9.10. The number of rotatable bonds is 2. The first-order chi connectivity index (χ1) is 7.59. The monoisotopic (exact) mass is 279 g/mol. The lowest BCUT2D eigenvalue weighted by Gasteiger charge is -2.07. The standard InChI is InChI=1S/C12H14BrN3/c1-8-5-3-4-6-10(8)7-16-12(14)11(13)9(2)15-16/h3-6H,7,14H2,1-2H3. The van der Waals surface area contributed by atoms with Crippen LogP contribution in [0.1, 0.15) is 16.8 Å². The largest absolute Gasteiger partial charge is 0.383 e. The van der Waals surface area contributed by atoms with Crippen LogP contribution in [0.15, 0.2) is 28.7 Å². The first kappa shape index (κ1) is 11.2. The van der Waals surface area contributed by atoms with Gasteiger partial charge in [-0.15, -0.1) is 0 Å². The molecule has 2 N–H and O–H groups in total. The second-order valence-corrected chi connectivity index (χ2v) is 4.66. The first-order valence-electron chi connectivity index (χ1n) is 5.12. The number of hydrogen-bond donors (Lipinski definition) is 1. The molecule has 0 fully saturated rings. The van der Waals surface area contributed by atoms with Crippen LogP contribution in [0, 0.1) is 13.8 Å². The third-order valence-electron chi connectivity index (χ3n) is 2.67. The van der Waals surface area contributed by atoms with E-state index in [0.717, 1.165) is 10.2 Å². The van der Waals surface area contributed by atoms with Gasteiger partial charge < -0.3 is 5.73 Å². The number of hydrogen-bond acceptors (Lipinski definition) is 2. The Morgan fingerprint density at radius 3 is 2.56 bits per heavy atom. The Morgan fingerprint density at radius 1 is 1.31 bits per heavy atom. The minimum absolute atomic E-state index is 0.681. The smallest absolute Gasteiger partial charge is 0.136 e. The van der Waals surface area contributed by atoms with E-state index in [4.69, 9.17) is 5.73 Å². The highest BCUT2D eigenvalue weighted by atomic mass is 79.9. The Kier molecular flexibility index (Phi) is 3.01. The van der Waals surface area contributed by atoms with E-state index in [9.17, 15) is 0 Å². The second-order valence-electron chi connectivity index (χ2n) is 3.87. The van der Waals surface area contributed by atoms with Crippen LogP contribution in [0.4, 0.5) is 5.82 Å². The lowest BCUT2D eigenvalue weighted by molar-refractivity contribution is 0.686. The van der Waals surface area contributed by atoms with Crippen molar-refractivity contribution >= 4 is 21.7 Å². The highest BCUT2D eigenvalue weighted by Crippen LogP contribution is 2.23. The van der Waals surface area contributed by atoms with Crippen molar-refractivity contribution in [3.05, 3.63) is 45.6 Å². The molecule has 1 aromatic heterocycles. The number of benzene rings is 1. The van der Waals surface area contributed by atoms with Gasteiger partial charge in [0.15, 0.2) is 0 Å². The Balaban J connectivity index is 2.34. The number of halogens is 1. The fraction of sp³-hybridized carbons (Fsp3) is 0.250. The number of nitrogens with two attached hydrogens (primary N) is 1. The van der Waals surface area contributed by atoms with Gasteiger partial charge in [0.1, 0.15) is 5.82 Å². The molecule has 1 aromatic carbocycles. The van der Waals surface area contributed by atoms with E-state index in [1.165, 1.54) is 11.1 Å². The minimum Gasteiger partial charge on any atom is -0.383 e. The summed E-state index contributed by atoms with van der Waals surface area (Å²) in [5, 5.41) is 4.39. The van der Waals surface area contributed by atoms with Crippen LogP contribution in [0.25, 0.3) is 0 Å². The van der Waals surface area contributed by atoms with Crippen LogP contribution in [-0.4, -0.2) is 9.78 Å². The predicted molar refractivity (Wildman–Crippen MR) is 69.4 cm³/mol. The molecule has 0 unspecified atom stereocenters. The normalized spacial score (nSPS) is 10.7. The van der Waals surface area contributed by atoms with Crippen LogP contribution in [-0.2, 0) is 6.54 Å². The van der Waals surface area contributed by atoms with Crippen molar-refractivity contribution < 1.29 is 0 Å². The van der Waals surface area contributed by atoms with Gasteiger partial charge in [-0.2, -0.15) is 5.10 Å². The number of nitrogens with zero attached hydrogens (tertiary/aromatic N) is 2. The third kappa shape index (κ3) is 1.97. The molecule has 0 amide bonds. The van der Waals surface area contributed by atoms with E-state index in [-0.39, 0.29) is 0 Å². The van der Waals surface area contributed by atoms with Gasteiger partial charge in [-0.1, -0.05) is 24.3 Å². The number of aryl methyl sites for hydroxylation is 2. The van der Waals surface area contributed by atoms with Crippen molar-refractivity contribution in [2.75, 3.05) is 5.73 Å². The molecule has 84 valence electrons. The summed E-state index contributed by atoms with van der Waals surface area (Å²) < 4.78 is 2.71. The van der Waals surface area contributed by atoms with E-state index in [1.807, 2.05) is 23.7 Å². The molecule has 16 heavy (non-hydrogen) atoms. The predicted octanol–water partition coefficient (Wildman–Crippen LogP) is 2.89. The van der Waals surface area contributed by atoms with Gasteiger partial charge in [0.05, 0.1) is 16.7 Å². The van der Waals surface area contributed by atoms with Gasteiger partial charge in [0.2, 0.25) is 0 Å². The summed E-state index contributed by atoms with van der Waals surface area (Å²) in [6.45, 7) is 4.75. The summed E-state index contributed by atoms with van der Waals surface area (Å²) in [5.74, 6) is 0.681. The zero-order valence-corrected chi connectivity index (χ0v) is 11.0. The summed E-state index contributed by atoms with van der Waals surface area (Å²) in [6.07, 6.45) is 0. The Morgan fingerprint density at radius 2 is 2.00 bits per heavy atom. The van der Waals surface area contributed by atoms with Crippen molar-refractivity contribution in [2.24, 2.45) is 0 Å². The van der Waals surface area contributed by atoms with Gasteiger partial charge in [0, 0.05) is 0 Å². The molecule has 2 rings (SSSR count). The fourth-order valence-electron chi connectivity index (χ4n) is 1.65. The zero-order chi connectivity index (χ0) is 11.7. The van der Waals surface area contributed by atoms with Gasteiger partial charge in [0.25, 0.3) is 0 Å². The molecule has 0 atom stereocenters. The Hall–Kier alpha value is -1.29. The van der Waals surface area contributed by atoms with E-state index < -0.39 is 0 Å². The van der Waals surface area contributed by atoms with Gasteiger partial charge in [-0.25, -0.2) is 4.68 Å². The second kappa shape index (κ2) is 4.29. The molecule has 0 bridgehead atoms. The molecule has 0 aliphatic heterocycles. The van der Waals surface area contributed by atoms with Crippen molar-refractivity contribution in [2.45, 2.75) is 20.4 Å². The van der Waals surface area contributed by atoms with Crippen molar-refractivity contribution in [1.29, 1.82) is 0 Å². The average molecular weight is 280 g/mol. The summed E-state index contributed by atoms with van der Waals surface area (Å²) in [6, 6.07) is 8.26. The molecule has 0 aliphatic rings. The van der Waals surface area contributed by atoms with Crippen LogP contribution >= 0.6 is 15.9 Å². The Bertz CT molecular complexity index is 517. The quantitative estimate of drug-likeness (QED) is 0.919. The van der Waals surface area contributed by atoms with Crippen LogP contribution < -0.4 is 5.73 Å². The molecular weight excluding hydrogens is 266 g/mol. The summed E-state index contributed by atoms with van der Waals surface area (Å²) >= 11 is 3.42. The molecule has 0 aliphatic carbocycles. The molecule has 0 saturated carbocycles. The maximum Gasteiger partial charge on any atom is 0.136 e. The number of anilines is 1. The molecule has 1 heterocycles. The average Bonchev–Trinajstić information content (AvgIpc) is 2.50. The summed E-state index contributed by atoms with van der Waals surface area (Å²) in [7, 11) is 0. The highest BCUT2D eigenvalue weighted by Gasteiger charge is 2.10.